The summed E-state index contributed by atoms with van der Waals surface area (Å²) in [5, 5.41) is 0. The van der Waals surface area contributed by atoms with Gasteiger partial charge in [-0.1, -0.05) is 26.3 Å². The van der Waals surface area contributed by atoms with Crippen LogP contribution in [0.5, 0.6) is 0 Å². The second-order valence-electron chi connectivity index (χ2n) is 3.32. The summed E-state index contributed by atoms with van der Waals surface area (Å²) in [6.45, 7) is 10.4. The summed E-state index contributed by atoms with van der Waals surface area (Å²) >= 11 is 0. The van der Waals surface area contributed by atoms with E-state index in [0.29, 0.717) is 5.92 Å². The first-order valence-corrected chi connectivity index (χ1v) is 5.08. The summed E-state index contributed by atoms with van der Waals surface area (Å²) in [5.41, 5.74) is 0.0444. The lowest BCUT2D eigenvalue weighted by atomic mass is 9.86. The van der Waals surface area contributed by atoms with E-state index in [4.69, 9.17) is 4.43 Å². The van der Waals surface area contributed by atoms with Crippen LogP contribution < -0.4 is 0 Å². The Morgan fingerprint density at radius 3 is 2.55 bits per heavy atom. The zero-order valence-corrected chi connectivity index (χ0v) is 10.2. The first-order chi connectivity index (χ1) is 5.10. The molecule has 0 aliphatic heterocycles. The average molecular weight is 172 g/mol. The molecule has 0 aliphatic carbocycles. The molecule has 0 aliphatic rings. The van der Waals surface area contributed by atoms with Gasteiger partial charge in [0, 0.05) is 0 Å². The first-order valence-electron chi connectivity index (χ1n) is 4.26. The van der Waals surface area contributed by atoms with Crippen LogP contribution in [0.3, 0.4) is 0 Å². The molecule has 2 atom stereocenters. The molecule has 0 aromatic rings. The van der Waals surface area contributed by atoms with Gasteiger partial charge in [0.05, 0.1) is 5.60 Å². The fraction of sp³-hybridized carbons (Fsp3) is 0.778. The van der Waals surface area contributed by atoms with Crippen molar-refractivity contribution in [3.05, 3.63) is 12.7 Å². The maximum atomic E-state index is 5.60. The van der Waals surface area contributed by atoms with Crippen molar-refractivity contribution in [1.29, 1.82) is 0 Å². The zero-order valence-electron chi connectivity index (χ0n) is 8.18. The molecule has 66 valence electrons. The van der Waals surface area contributed by atoms with Crippen molar-refractivity contribution in [2.75, 3.05) is 0 Å². The molecule has 0 spiro atoms. The van der Waals surface area contributed by atoms with Crippen molar-refractivity contribution < 1.29 is 4.43 Å². The lowest BCUT2D eigenvalue weighted by molar-refractivity contribution is 0.0433. The third kappa shape index (κ3) is 2.79. The summed E-state index contributed by atoms with van der Waals surface area (Å²) in [6, 6.07) is 0. The van der Waals surface area contributed by atoms with Crippen molar-refractivity contribution in [1.82, 2.24) is 0 Å². The van der Waals surface area contributed by atoms with Crippen LogP contribution in [0, 0.1) is 5.92 Å². The highest BCUT2D eigenvalue weighted by Crippen LogP contribution is 2.27. The van der Waals surface area contributed by atoms with Crippen LogP contribution in [0.1, 0.15) is 33.6 Å². The Kier molecular flexibility index (Phi) is 4.69. The Morgan fingerprint density at radius 2 is 2.27 bits per heavy atom. The molecule has 0 rings (SSSR count). The summed E-state index contributed by atoms with van der Waals surface area (Å²) in [7, 11) is 0.816. The van der Waals surface area contributed by atoms with Crippen LogP contribution in [-0.4, -0.2) is 16.1 Å². The Hall–Kier alpha value is -0.0831. The normalized spacial score (nSPS) is 19.2. The summed E-state index contributed by atoms with van der Waals surface area (Å²) in [4.78, 5) is 0. The highest BCUT2D eigenvalue weighted by molar-refractivity contribution is 5.98. The number of hydrogen-bond donors (Lipinski definition) is 0. The smallest absolute Gasteiger partial charge is 0.146 e. The van der Waals surface area contributed by atoms with E-state index < -0.39 is 0 Å². The van der Waals surface area contributed by atoms with E-state index >= 15 is 0 Å². The van der Waals surface area contributed by atoms with Gasteiger partial charge in [-0.15, -0.1) is 6.58 Å². The van der Waals surface area contributed by atoms with E-state index in [1.165, 1.54) is 6.42 Å². The number of hydrogen-bond acceptors (Lipinski definition) is 1. The van der Waals surface area contributed by atoms with E-state index in [9.17, 15) is 0 Å². The molecule has 0 bridgehead atoms. The maximum Gasteiger partial charge on any atom is 0.146 e. The summed E-state index contributed by atoms with van der Waals surface area (Å²) in [6.07, 6.45) is 4.09. The monoisotopic (exact) mass is 172 g/mol. The van der Waals surface area contributed by atoms with Crippen molar-refractivity contribution in [2.24, 2.45) is 5.92 Å². The molecule has 0 saturated carbocycles. The van der Waals surface area contributed by atoms with Gasteiger partial charge in [0.15, 0.2) is 0 Å². The van der Waals surface area contributed by atoms with Crippen LogP contribution in [-0.2, 0) is 4.43 Å². The van der Waals surface area contributed by atoms with Gasteiger partial charge in [0.25, 0.3) is 0 Å². The maximum absolute atomic E-state index is 5.60. The lowest BCUT2D eigenvalue weighted by Gasteiger charge is -2.33. The van der Waals surface area contributed by atoms with Crippen LogP contribution in [0.4, 0.5) is 0 Å². The van der Waals surface area contributed by atoms with Gasteiger partial charge in [0.2, 0.25) is 0 Å². The van der Waals surface area contributed by atoms with E-state index in [1.54, 1.807) is 0 Å². The van der Waals surface area contributed by atoms with Crippen LogP contribution >= 0.6 is 0 Å². The molecule has 2 heteroatoms. The molecule has 0 fully saturated rings. The molecule has 0 heterocycles. The van der Waals surface area contributed by atoms with Gasteiger partial charge < -0.3 is 4.43 Å². The van der Waals surface area contributed by atoms with Gasteiger partial charge in [-0.2, -0.15) is 0 Å². The van der Waals surface area contributed by atoms with Crippen LogP contribution in [0.2, 0.25) is 0 Å². The van der Waals surface area contributed by atoms with Crippen LogP contribution in [0.25, 0.3) is 0 Å². The minimum absolute atomic E-state index is 0.0444. The highest BCUT2D eigenvalue weighted by Gasteiger charge is 2.27. The highest BCUT2D eigenvalue weighted by atomic mass is 28.2. The van der Waals surface area contributed by atoms with Crippen molar-refractivity contribution in [3.63, 3.8) is 0 Å². The summed E-state index contributed by atoms with van der Waals surface area (Å²) in [5.74, 6) is 0.623. The van der Waals surface area contributed by atoms with Gasteiger partial charge in [-0.25, -0.2) is 0 Å². The van der Waals surface area contributed by atoms with E-state index in [0.717, 1.165) is 16.9 Å². The molecule has 0 aromatic heterocycles. The van der Waals surface area contributed by atoms with Crippen LogP contribution in [0.15, 0.2) is 12.7 Å². The molecule has 0 saturated heterocycles. The fourth-order valence-corrected chi connectivity index (χ4v) is 1.77. The topological polar surface area (TPSA) is 9.23 Å². The molecule has 2 unspecified atom stereocenters. The lowest BCUT2D eigenvalue weighted by Crippen LogP contribution is -2.34. The molecule has 0 amide bonds. The van der Waals surface area contributed by atoms with Crippen molar-refractivity contribution in [3.8, 4) is 0 Å². The zero-order chi connectivity index (χ0) is 8.91. The third-order valence-electron chi connectivity index (χ3n) is 2.67. The minimum Gasteiger partial charge on any atom is -0.422 e. The fourth-order valence-electron chi connectivity index (χ4n) is 1.20. The van der Waals surface area contributed by atoms with Gasteiger partial charge in [0.1, 0.15) is 10.5 Å². The molecular weight excluding hydrogens is 152 g/mol. The van der Waals surface area contributed by atoms with Crippen molar-refractivity contribution >= 4 is 10.5 Å². The van der Waals surface area contributed by atoms with Gasteiger partial charge in [-0.3, -0.25) is 0 Å². The van der Waals surface area contributed by atoms with Crippen molar-refractivity contribution in [2.45, 2.75) is 39.2 Å². The summed E-state index contributed by atoms with van der Waals surface area (Å²) < 4.78 is 5.60. The molecule has 0 aromatic carbocycles. The second-order valence-corrected chi connectivity index (χ2v) is 3.73. The Bertz CT molecular complexity index is 125. The molecule has 0 N–H and O–H groups in total. The van der Waals surface area contributed by atoms with E-state index in [1.807, 2.05) is 6.08 Å². The third-order valence-corrected chi connectivity index (χ3v) is 3.60. The number of rotatable bonds is 5. The Labute approximate surface area is 73.4 Å². The largest absolute Gasteiger partial charge is 0.422 e. The SMILES string of the molecule is C=CCC(C)(O[SiH3])C(C)CC. The van der Waals surface area contributed by atoms with E-state index in [2.05, 4.69) is 27.4 Å². The van der Waals surface area contributed by atoms with E-state index in [-0.39, 0.29) is 5.60 Å². The molecule has 11 heavy (non-hydrogen) atoms. The first kappa shape index (κ1) is 10.9. The Balaban J connectivity index is 4.18. The predicted octanol–water partition coefficient (Wildman–Crippen LogP) is 1.66. The minimum atomic E-state index is 0.0444. The molecular formula is C9H20OSi. The standard InChI is InChI=1S/C9H20OSi/c1-5-7-9(4,10-11)8(3)6-2/h5,8H,1,6-7H2,2-4,11H3. The quantitative estimate of drug-likeness (QED) is 0.453. The van der Waals surface area contributed by atoms with Gasteiger partial charge >= 0.3 is 0 Å². The predicted molar refractivity (Wildman–Crippen MR) is 53.7 cm³/mol. The average Bonchev–Trinajstić information content (AvgIpc) is 2.03. The molecule has 1 nitrogen and oxygen atoms in total. The molecule has 0 radical (unpaired) electrons. The Morgan fingerprint density at radius 1 is 1.73 bits per heavy atom. The second kappa shape index (κ2) is 4.73. The van der Waals surface area contributed by atoms with Gasteiger partial charge in [-0.05, 0) is 19.3 Å².